The predicted molar refractivity (Wildman–Crippen MR) is 74.1 cm³/mol. The number of pyridine rings is 1. The molecule has 0 amide bonds. The highest BCUT2D eigenvalue weighted by Crippen LogP contribution is 2.37. The molecule has 0 aromatic carbocycles. The Bertz CT molecular complexity index is 481. The maximum atomic E-state index is 14.0. The first-order valence-corrected chi connectivity index (χ1v) is 7.27. The second-order valence-corrected chi connectivity index (χ2v) is 6.00. The van der Waals surface area contributed by atoms with Crippen molar-refractivity contribution in [1.29, 1.82) is 0 Å². The topological polar surface area (TPSA) is 45.6 Å². The smallest absolute Gasteiger partial charge is 0.165 e. The van der Waals surface area contributed by atoms with Gasteiger partial charge in [-0.15, -0.1) is 0 Å². The summed E-state index contributed by atoms with van der Waals surface area (Å²) >= 11 is 0. The average Bonchev–Trinajstić information content (AvgIpc) is 2.87. The van der Waals surface area contributed by atoms with Crippen LogP contribution in [0.5, 0.6) is 0 Å². The second-order valence-electron chi connectivity index (χ2n) is 6.00. The minimum Gasteiger partial charge on any atom is -0.390 e. The molecule has 2 saturated heterocycles. The number of rotatable bonds is 2. The third kappa shape index (κ3) is 2.40. The van der Waals surface area contributed by atoms with Crippen LogP contribution in [0.3, 0.4) is 0 Å². The Hall–Kier alpha value is -1.20. The third-order valence-corrected chi connectivity index (χ3v) is 4.62. The van der Waals surface area contributed by atoms with Crippen LogP contribution in [0.4, 0.5) is 10.2 Å². The highest BCUT2D eigenvalue weighted by molar-refractivity contribution is 5.42. The van der Waals surface area contributed by atoms with Gasteiger partial charge >= 0.3 is 0 Å². The fraction of sp³-hybridized carbons (Fsp3) is 0.667. The zero-order chi connectivity index (χ0) is 14.2. The van der Waals surface area contributed by atoms with Gasteiger partial charge in [0.05, 0.1) is 12.2 Å². The number of aromatic nitrogens is 1. The van der Waals surface area contributed by atoms with Crippen molar-refractivity contribution in [2.45, 2.75) is 37.8 Å². The molecule has 0 radical (unpaired) electrons. The van der Waals surface area contributed by atoms with Crippen molar-refractivity contribution in [3.63, 3.8) is 0 Å². The maximum absolute atomic E-state index is 14.0. The molecule has 110 valence electrons. The molecule has 0 saturated carbocycles. The molecule has 3 rings (SSSR count). The highest BCUT2D eigenvalue weighted by atomic mass is 19.1. The molecule has 2 aliphatic heterocycles. The molecule has 4 nitrogen and oxygen atoms in total. The molecule has 20 heavy (non-hydrogen) atoms. The molecule has 0 spiro atoms. The van der Waals surface area contributed by atoms with Crippen LogP contribution in [0.25, 0.3) is 0 Å². The summed E-state index contributed by atoms with van der Waals surface area (Å²) in [5.41, 5.74) is -0.753. The molecular weight excluding hydrogens is 259 g/mol. The van der Waals surface area contributed by atoms with Crippen LogP contribution >= 0.6 is 0 Å². The van der Waals surface area contributed by atoms with Gasteiger partial charge in [-0.1, -0.05) is 0 Å². The summed E-state index contributed by atoms with van der Waals surface area (Å²) in [6.07, 6.45) is 4.18. The molecule has 3 atom stereocenters. The summed E-state index contributed by atoms with van der Waals surface area (Å²) in [4.78, 5) is 6.18. The van der Waals surface area contributed by atoms with Crippen LogP contribution in [0.15, 0.2) is 18.3 Å². The summed E-state index contributed by atoms with van der Waals surface area (Å²) in [7, 11) is 0. The summed E-state index contributed by atoms with van der Waals surface area (Å²) in [5, 5.41) is 10.6. The Morgan fingerprint density at radius 2 is 2.40 bits per heavy atom. The normalized spacial score (nSPS) is 34.5. The zero-order valence-electron chi connectivity index (χ0n) is 11.8. The Labute approximate surface area is 118 Å². The molecule has 0 unspecified atom stereocenters. The van der Waals surface area contributed by atoms with Crippen molar-refractivity contribution in [3.05, 3.63) is 24.1 Å². The Kier molecular flexibility index (Phi) is 3.65. The quantitative estimate of drug-likeness (QED) is 0.899. The summed E-state index contributed by atoms with van der Waals surface area (Å²) in [6, 6.07) is 3.13. The largest absolute Gasteiger partial charge is 0.390 e. The number of hydrogen-bond acceptors (Lipinski definition) is 4. The van der Waals surface area contributed by atoms with Gasteiger partial charge in [0.15, 0.2) is 11.6 Å². The van der Waals surface area contributed by atoms with Gasteiger partial charge in [-0.05, 0) is 38.3 Å². The zero-order valence-corrected chi connectivity index (χ0v) is 11.8. The van der Waals surface area contributed by atoms with Crippen LogP contribution in [0, 0.1) is 11.7 Å². The lowest BCUT2D eigenvalue weighted by Crippen LogP contribution is -2.52. The van der Waals surface area contributed by atoms with Gasteiger partial charge in [0, 0.05) is 31.3 Å². The van der Waals surface area contributed by atoms with Gasteiger partial charge in [0.2, 0.25) is 0 Å². The first kappa shape index (κ1) is 13.8. The van der Waals surface area contributed by atoms with E-state index in [1.807, 2.05) is 11.8 Å². The second kappa shape index (κ2) is 5.30. The fourth-order valence-electron chi connectivity index (χ4n) is 3.44. The molecule has 1 aromatic rings. The number of ether oxygens (including phenoxy) is 1. The lowest BCUT2D eigenvalue weighted by molar-refractivity contribution is -0.108. The van der Waals surface area contributed by atoms with E-state index in [0.717, 1.165) is 19.4 Å². The molecule has 0 bridgehead atoms. The molecular formula is C15H21FN2O2. The van der Waals surface area contributed by atoms with Gasteiger partial charge in [0.25, 0.3) is 0 Å². The van der Waals surface area contributed by atoms with E-state index in [1.165, 1.54) is 6.07 Å². The van der Waals surface area contributed by atoms with Crippen LogP contribution in [0.2, 0.25) is 0 Å². The fourth-order valence-corrected chi connectivity index (χ4v) is 3.44. The number of nitrogens with zero attached hydrogens (tertiary/aromatic N) is 2. The molecule has 5 heteroatoms. The van der Waals surface area contributed by atoms with E-state index in [4.69, 9.17) is 4.74 Å². The van der Waals surface area contributed by atoms with E-state index in [0.29, 0.717) is 25.5 Å². The van der Waals surface area contributed by atoms with E-state index in [-0.39, 0.29) is 17.8 Å². The van der Waals surface area contributed by atoms with Crippen LogP contribution in [-0.4, -0.2) is 41.5 Å². The Balaban J connectivity index is 1.87. The van der Waals surface area contributed by atoms with Crippen molar-refractivity contribution in [1.82, 2.24) is 4.98 Å². The Morgan fingerprint density at radius 3 is 3.15 bits per heavy atom. The van der Waals surface area contributed by atoms with E-state index in [2.05, 4.69) is 4.98 Å². The lowest BCUT2D eigenvalue weighted by atomic mass is 9.79. The SMILES string of the molecule is C[C@]1(O)CCOC[C@@H]1[C@@H]1CCCN1c1ncccc1F. The maximum Gasteiger partial charge on any atom is 0.165 e. The Morgan fingerprint density at radius 1 is 1.55 bits per heavy atom. The minimum absolute atomic E-state index is 0.000145. The van der Waals surface area contributed by atoms with Crippen molar-refractivity contribution in [3.8, 4) is 0 Å². The van der Waals surface area contributed by atoms with Gasteiger partial charge in [-0.3, -0.25) is 0 Å². The third-order valence-electron chi connectivity index (χ3n) is 4.62. The predicted octanol–water partition coefficient (Wildman–Crippen LogP) is 1.98. The summed E-state index contributed by atoms with van der Waals surface area (Å²) in [6.45, 7) is 3.77. The van der Waals surface area contributed by atoms with Crippen molar-refractivity contribution in [2.75, 3.05) is 24.7 Å². The molecule has 0 aliphatic carbocycles. The highest BCUT2D eigenvalue weighted by Gasteiger charge is 2.44. The molecule has 2 aliphatic rings. The monoisotopic (exact) mass is 280 g/mol. The van der Waals surface area contributed by atoms with Gasteiger partial charge < -0.3 is 14.7 Å². The van der Waals surface area contributed by atoms with E-state index >= 15 is 0 Å². The molecule has 1 aromatic heterocycles. The number of halogens is 1. The van der Waals surface area contributed by atoms with E-state index < -0.39 is 5.60 Å². The standard InChI is InChI=1S/C15H21FN2O2/c1-15(19)6-9-20-10-11(15)13-5-3-8-18(13)14-12(16)4-2-7-17-14/h2,4,7,11,13,19H,3,5-6,8-10H2,1H3/t11-,13+,15+/m1/s1. The van der Waals surface area contributed by atoms with E-state index in [9.17, 15) is 9.50 Å². The van der Waals surface area contributed by atoms with Crippen molar-refractivity contribution < 1.29 is 14.2 Å². The number of aliphatic hydroxyl groups is 1. The molecule has 3 heterocycles. The lowest BCUT2D eigenvalue weighted by Gasteiger charge is -2.43. The number of anilines is 1. The van der Waals surface area contributed by atoms with Crippen LogP contribution in [-0.2, 0) is 4.74 Å². The van der Waals surface area contributed by atoms with Crippen LogP contribution in [0.1, 0.15) is 26.2 Å². The van der Waals surface area contributed by atoms with Gasteiger partial charge in [-0.25, -0.2) is 9.37 Å². The molecule has 2 fully saturated rings. The number of hydrogen-bond donors (Lipinski definition) is 1. The van der Waals surface area contributed by atoms with Crippen molar-refractivity contribution >= 4 is 5.82 Å². The average molecular weight is 280 g/mol. The molecule has 1 N–H and O–H groups in total. The van der Waals surface area contributed by atoms with Gasteiger partial charge in [-0.2, -0.15) is 0 Å². The summed E-state index contributed by atoms with van der Waals surface area (Å²) in [5.74, 6) is 0.104. The van der Waals surface area contributed by atoms with Crippen LogP contribution < -0.4 is 4.90 Å². The van der Waals surface area contributed by atoms with Crippen molar-refractivity contribution in [2.24, 2.45) is 5.92 Å². The van der Waals surface area contributed by atoms with E-state index in [1.54, 1.807) is 12.3 Å². The minimum atomic E-state index is -0.753. The first-order valence-electron chi connectivity index (χ1n) is 7.27. The summed E-state index contributed by atoms with van der Waals surface area (Å²) < 4.78 is 19.5. The first-order chi connectivity index (χ1) is 9.59. The van der Waals surface area contributed by atoms with Gasteiger partial charge in [0.1, 0.15) is 0 Å².